The molecule has 1 heterocycles. The lowest BCUT2D eigenvalue weighted by Gasteiger charge is -2.30. The van der Waals surface area contributed by atoms with Gasteiger partial charge in [-0.15, -0.1) is 0 Å². The number of benzene rings is 1. The lowest BCUT2D eigenvalue weighted by Crippen LogP contribution is -2.45. The van der Waals surface area contributed by atoms with E-state index in [2.05, 4.69) is 0 Å². The summed E-state index contributed by atoms with van der Waals surface area (Å²) >= 11 is 0. The average molecular weight is 332 g/mol. The molecule has 8 heteroatoms. The average Bonchev–Trinajstić information content (AvgIpc) is 2.37. The van der Waals surface area contributed by atoms with Gasteiger partial charge >= 0.3 is 0 Å². The molecule has 0 bridgehead atoms. The van der Waals surface area contributed by atoms with Gasteiger partial charge in [0.2, 0.25) is 10.0 Å². The number of nitrogens with two attached hydrogens (primary N) is 1. The number of sulfone groups is 1. The molecule has 1 atom stereocenters. The zero-order chi connectivity index (χ0) is 15.8. The van der Waals surface area contributed by atoms with Gasteiger partial charge in [0.15, 0.2) is 9.84 Å². The molecule has 0 saturated carbocycles. The van der Waals surface area contributed by atoms with Gasteiger partial charge in [-0.2, -0.15) is 4.31 Å². The van der Waals surface area contributed by atoms with Gasteiger partial charge in [-0.05, 0) is 37.5 Å². The Morgan fingerprint density at radius 1 is 1.24 bits per heavy atom. The van der Waals surface area contributed by atoms with Crippen LogP contribution in [0.1, 0.15) is 18.4 Å². The molecule has 1 unspecified atom stereocenters. The van der Waals surface area contributed by atoms with Crippen molar-refractivity contribution in [3.63, 3.8) is 0 Å². The maximum atomic E-state index is 12.7. The van der Waals surface area contributed by atoms with E-state index in [1.807, 2.05) is 0 Å². The summed E-state index contributed by atoms with van der Waals surface area (Å²) in [5, 5.41) is 0. The molecule has 0 radical (unpaired) electrons. The standard InChI is InChI=1S/C13H20N2O4S2/c1-10-5-6-12(20(2,16)17)8-13(10)21(18,19)15-7-3-4-11(14)9-15/h5-6,8,11H,3-4,7,9,14H2,1-2H3. The van der Waals surface area contributed by atoms with E-state index >= 15 is 0 Å². The van der Waals surface area contributed by atoms with Crippen molar-refractivity contribution in [3.8, 4) is 0 Å². The molecular formula is C13H20N2O4S2. The highest BCUT2D eigenvalue weighted by atomic mass is 32.2. The summed E-state index contributed by atoms with van der Waals surface area (Å²) in [6.45, 7) is 2.34. The minimum atomic E-state index is -3.72. The van der Waals surface area contributed by atoms with Gasteiger partial charge in [-0.25, -0.2) is 16.8 Å². The Morgan fingerprint density at radius 3 is 2.48 bits per heavy atom. The minimum Gasteiger partial charge on any atom is -0.327 e. The van der Waals surface area contributed by atoms with E-state index in [-0.39, 0.29) is 22.4 Å². The third-order valence-corrected chi connectivity index (χ3v) is 6.74. The molecule has 21 heavy (non-hydrogen) atoms. The first-order valence-electron chi connectivity index (χ1n) is 6.69. The maximum Gasteiger partial charge on any atom is 0.243 e. The molecule has 0 amide bonds. The second-order valence-corrected chi connectivity index (χ2v) is 9.39. The summed E-state index contributed by atoms with van der Waals surface area (Å²) in [7, 11) is -7.17. The zero-order valence-corrected chi connectivity index (χ0v) is 13.7. The Morgan fingerprint density at radius 2 is 1.90 bits per heavy atom. The fourth-order valence-electron chi connectivity index (χ4n) is 2.42. The van der Waals surface area contributed by atoms with E-state index in [0.29, 0.717) is 18.5 Å². The number of piperidine rings is 1. The SMILES string of the molecule is Cc1ccc(S(C)(=O)=O)cc1S(=O)(=O)N1CCCC(N)C1. The fourth-order valence-corrected chi connectivity index (χ4v) is 4.93. The molecule has 0 aliphatic carbocycles. The molecule has 1 fully saturated rings. The second-order valence-electron chi connectivity index (χ2n) is 5.46. The third-order valence-electron chi connectivity index (χ3n) is 3.63. The number of rotatable bonds is 3. The van der Waals surface area contributed by atoms with Crippen LogP contribution in [0.3, 0.4) is 0 Å². The molecule has 0 aromatic heterocycles. The van der Waals surface area contributed by atoms with Crippen molar-refractivity contribution < 1.29 is 16.8 Å². The number of nitrogens with zero attached hydrogens (tertiary/aromatic N) is 1. The lowest BCUT2D eigenvalue weighted by molar-refractivity contribution is 0.316. The van der Waals surface area contributed by atoms with Gasteiger partial charge in [0.05, 0.1) is 9.79 Å². The van der Waals surface area contributed by atoms with E-state index in [9.17, 15) is 16.8 Å². The van der Waals surface area contributed by atoms with Crippen molar-refractivity contribution in [1.82, 2.24) is 4.31 Å². The molecule has 2 N–H and O–H groups in total. The van der Waals surface area contributed by atoms with Gasteiger partial charge in [-0.1, -0.05) is 6.07 Å². The second kappa shape index (κ2) is 5.68. The van der Waals surface area contributed by atoms with Crippen LogP contribution in [0, 0.1) is 6.92 Å². The van der Waals surface area contributed by atoms with E-state index < -0.39 is 19.9 Å². The van der Waals surface area contributed by atoms with Crippen LogP contribution in [-0.4, -0.2) is 46.5 Å². The highest BCUT2D eigenvalue weighted by molar-refractivity contribution is 7.91. The lowest BCUT2D eigenvalue weighted by atomic mass is 10.1. The number of hydrogen-bond donors (Lipinski definition) is 1. The van der Waals surface area contributed by atoms with Crippen LogP contribution in [0.5, 0.6) is 0 Å². The van der Waals surface area contributed by atoms with E-state index in [1.54, 1.807) is 6.92 Å². The van der Waals surface area contributed by atoms with Crippen LogP contribution in [0.4, 0.5) is 0 Å². The minimum absolute atomic E-state index is 0.00739. The first-order chi connectivity index (χ1) is 9.62. The van der Waals surface area contributed by atoms with Crippen LogP contribution in [0.2, 0.25) is 0 Å². The van der Waals surface area contributed by atoms with Crippen LogP contribution in [0.25, 0.3) is 0 Å². The Bertz CT molecular complexity index is 741. The van der Waals surface area contributed by atoms with Gasteiger partial charge in [0.25, 0.3) is 0 Å². The molecule has 1 aromatic rings. The van der Waals surface area contributed by atoms with E-state index in [0.717, 1.165) is 12.7 Å². The Labute approximate surface area is 125 Å². The van der Waals surface area contributed by atoms with E-state index in [1.165, 1.54) is 22.5 Å². The van der Waals surface area contributed by atoms with Crippen molar-refractivity contribution >= 4 is 19.9 Å². The number of sulfonamides is 1. The topological polar surface area (TPSA) is 97.5 Å². The predicted octanol–water partition coefficient (Wildman–Crippen LogP) is 0.510. The van der Waals surface area contributed by atoms with Crippen molar-refractivity contribution in [1.29, 1.82) is 0 Å². The first-order valence-corrected chi connectivity index (χ1v) is 10.0. The smallest absolute Gasteiger partial charge is 0.243 e. The molecule has 2 rings (SSSR count). The Kier molecular flexibility index (Phi) is 4.44. The summed E-state index contributed by atoms with van der Waals surface area (Å²) < 4.78 is 50.0. The molecule has 1 aliphatic heterocycles. The van der Waals surface area contributed by atoms with Gasteiger partial charge in [-0.3, -0.25) is 0 Å². The number of hydrogen-bond acceptors (Lipinski definition) is 5. The monoisotopic (exact) mass is 332 g/mol. The summed E-state index contributed by atoms with van der Waals surface area (Å²) in [5.41, 5.74) is 6.36. The van der Waals surface area contributed by atoms with Gasteiger partial charge in [0.1, 0.15) is 0 Å². The van der Waals surface area contributed by atoms with Crippen LogP contribution < -0.4 is 5.73 Å². The molecule has 1 aromatic carbocycles. The number of aryl methyl sites for hydroxylation is 1. The molecule has 0 spiro atoms. The van der Waals surface area contributed by atoms with Crippen molar-refractivity contribution in [2.24, 2.45) is 5.73 Å². The molecule has 1 aliphatic rings. The van der Waals surface area contributed by atoms with Gasteiger partial charge in [0, 0.05) is 25.4 Å². The summed E-state index contributed by atoms with van der Waals surface area (Å²) in [6, 6.07) is 4.01. The van der Waals surface area contributed by atoms with Crippen LogP contribution in [-0.2, 0) is 19.9 Å². The largest absolute Gasteiger partial charge is 0.327 e. The normalized spacial score (nSPS) is 21.4. The molecular weight excluding hydrogens is 312 g/mol. The van der Waals surface area contributed by atoms with Gasteiger partial charge < -0.3 is 5.73 Å². The predicted molar refractivity (Wildman–Crippen MR) is 80.3 cm³/mol. The van der Waals surface area contributed by atoms with Crippen molar-refractivity contribution in [2.45, 2.75) is 35.6 Å². The fraction of sp³-hybridized carbons (Fsp3) is 0.538. The van der Waals surface area contributed by atoms with E-state index in [4.69, 9.17) is 5.73 Å². The Balaban J connectivity index is 2.49. The highest BCUT2D eigenvalue weighted by Gasteiger charge is 2.30. The summed E-state index contributed by atoms with van der Waals surface area (Å²) in [5.74, 6) is 0. The highest BCUT2D eigenvalue weighted by Crippen LogP contribution is 2.25. The van der Waals surface area contributed by atoms with Crippen LogP contribution in [0.15, 0.2) is 28.0 Å². The van der Waals surface area contributed by atoms with Crippen LogP contribution >= 0.6 is 0 Å². The maximum absolute atomic E-state index is 12.7. The summed E-state index contributed by atoms with van der Waals surface area (Å²) in [6.07, 6.45) is 2.57. The van der Waals surface area contributed by atoms with Crippen molar-refractivity contribution in [2.75, 3.05) is 19.3 Å². The first kappa shape index (κ1) is 16.4. The Hall–Kier alpha value is -0.960. The molecule has 1 saturated heterocycles. The van der Waals surface area contributed by atoms with Crippen molar-refractivity contribution in [3.05, 3.63) is 23.8 Å². The molecule has 6 nitrogen and oxygen atoms in total. The third kappa shape index (κ3) is 3.45. The quantitative estimate of drug-likeness (QED) is 0.870. The zero-order valence-electron chi connectivity index (χ0n) is 12.1. The molecule has 118 valence electrons. The summed E-state index contributed by atoms with van der Waals surface area (Å²) in [4.78, 5) is 0.0486.